The second kappa shape index (κ2) is 17.9. The van der Waals surface area contributed by atoms with Crippen molar-refractivity contribution in [3.63, 3.8) is 0 Å². The van der Waals surface area contributed by atoms with Gasteiger partial charge in [-0.2, -0.15) is 0 Å². The second-order valence-corrected chi connectivity index (χ2v) is 19.0. The molecule has 1 amide bonds. The summed E-state index contributed by atoms with van der Waals surface area (Å²) < 4.78 is 23.5. The van der Waals surface area contributed by atoms with E-state index in [2.05, 4.69) is 25.0 Å². The van der Waals surface area contributed by atoms with Crippen molar-refractivity contribution in [3.8, 4) is 22.6 Å². The number of amides is 1. The number of ether oxygens (including phenoxy) is 4. The van der Waals surface area contributed by atoms with Crippen LogP contribution in [0.25, 0.3) is 11.1 Å². The van der Waals surface area contributed by atoms with Crippen LogP contribution >= 0.6 is 0 Å². The first kappa shape index (κ1) is 36.0. The Balaban J connectivity index is 1.37. The van der Waals surface area contributed by atoms with Gasteiger partial charge in [0, 0.05) is 14.5 Å². The average molecular weight is 688 g/mol. The Morgan fingerprint density at radius 3 is 1.74 bits per heavy atom. The van der Waals surface area contributed by atoms with Crippen LogP contribution < -0.4 is 14.8 Å². The molecule has 1 atom stereocenters. The molecule has 0 bridgehead atoms. The lowest BCUT2D eigenvalue weighted by Crippen LogP contribution is -2.44. The Bertz CT molecular complexity index is 1790. The average Bonchev–Trinajstić information content (AvgIpc) is 3.13. The fourth-order valence-electron chi connectivity index (χ4n) is 5.16. The number of hydrogen-bond donors (Lipinski definition) is 1. The lowest BCUT2D eigenvalue weighted by atomic mass is 9.98. The summed E-state index contributed by atoms with van der Waals surface area (Å²) in [7, 11) is -1.46. The topological polar surface area (TPSA) is 83.1 Å². The van der Waals surface area contributed by atoms with E-state index < -0.39 is 26.2 Å². The zero-order chi connectivity index (χ0) is 35.2. The summed E-state index contributed by atoms with van der Waals surface area (Å²) in [6.45, 7) is 7.87. The summed E-state index contributed by atoms with van der Waals surface area (Å²) in [4.78, 5) is 26.6. The Kier molecular flexibility index (Phi) is 12.9. The molecule has 0 fully saturated rings. The number of nitrogens with one attached hydrogen (secondary N) is 1. The predicted octanol–water partition coefficient (Wildman–Crippen LogP) is 9.23. The smallest absolute Gasteiger partial charge is 0.408 e. The molecule has 50 heavy (non-hydrogen) atoms. The van der Waals surface area contributed by atoms with E-state index in [9.17, 15) is 9.59 Å². The van der Waals surface area contributed by atoms with Gasteiger partial charge in [-0.1, -0.05) is 129 Å². The predicted molar refractivity (Wildman–Crippen MR) is 200 cm³/mol. The van der Waals surface area contributed by atoms with E-state index in [0.29, 0.717) is 25.6 Å². The molecule has 0 aliphatic rings. The minimum atomic E-state index is -1.46. The highest BCUT2D eigenvalue weighted by Gasteiger charge is 2.26. The number of alkyl carbamates (subject to hydrolysis) is 1. The molecule has 5 aromatic rings. The van der Waals surface area contributed by atoms with Gasteiger partial charge in [-0.15, -0.1) is 0 Å². The molecule has 8 heteroatoms. The third-order valence-corrected chi connectivity index (χ3v) is 9.75. The van der Waals surface area contributed by atoms with Gasteiger partial charge in [0.1, 0.15) is 37.4 Å². The standard InChI is InChI=1S/C42H45NO6Si/c1-50(2,3)26-25-46-41(44)39(43-42(45)49-31-34-17-11-6-12-18-34)28-37-27-36(21-24-40(37)48-30-33-15-9-5-10-16-33)35-19-22-38(23-20-35)47-29-32-13-7-4-8-14-32/h4-24,27,39H,25-26,28-31H2,1-3H3,(H,43,45)/t39-/m0/s1. The van der Waals surface area contributed by atoms with Crippen LogP contribution in [0.3, 0.4) is 0 Å². The highest BCUT2D eigenvalue weighted by atomic mass is 28.3. The van der Waals surface area contributed by atoms with Crippen molar-refractivity contribution in [1.29, 1.82) is 0 Å². The fraction of sp³-hybridized carbons (Fsp3) is 0.238. The van der Waals surface area contributed by atoms with Gasteiger partial charge in [-0.05, 0) is 63.7 Å². The van der Waals surface area contributed by atoms with Crippen LogP contribution in [0.1, 0.15) is 22.3 Å². The Morgan fingerprint density at radius 2 is 1.16 bits per heavy atom. The van der Waals surface area contributed by atoms with Crippen molar-refractivity contribution in [2.24, 2.45) is 0 Å². The minimum absolute atomic E-state index is 0.0794. The van der Waals surface area contributed by atoms with Crippen LogP contribution in [-0.4, -0.2) is 32.8 Å². The number of esters is 1. The molecular weight excluding hydrogens is 643 g/mol. The number of carbonyl (C=O) groups excluding carboxylic acids is 2. The Labute approximate surface area is 296 Å². The summed E-state index contributed by atoms with van der Waals surface area (Å²) >= 11 is 0. The quantitative estimate of drug-likeness (QED) is 0.0823. The molecule has 0 radical (unpaired) electrons. The van der Waals surface area contributed by atoms with Crippen LogP contribution in [0.4, 0.5) is 4.79 Å². The van der Waals surface area contributed by atoms with Gasteiger partial charge < -0.3 is 24.3 Å². The lowest BCUT2D eigenvalue weighted by molar-refractivity contribution is -0.145. The number of rotatable bonds is 16. The van der Waals surface area contributed by atoms with Crippen molar-refractivity contribution in [2.75, 3.05) is 6.61 Å². The number of hydrogen-bond acceptors (Lipinski definition) is 6. The van der Waals surface area contributed by atoms with Gasteiger partial charge >= 0.3 is 12.1 Å². The van der Waals surface area contributed by atoms with E-state index >= 15 is 0 Å². The number of carbonyl (C=O) groups is 2. The Morgan fingerprint density at radius 1 is 0.620 bits per heavy atom. The molecule has 0 aliphatic heterocycles. The van der Waals surface area contributed by atoms with Crippen molar-refractivity contribution >= 4 is 20.1 Å². The summed E-state index contributed by atoms with van der Waals surface area (Å²) in [5.41, 5.74) is 5.60. The van der Waals surface area contributed by atoms with E-state index in [1.165, 1.54) is 0 Å². The summed E-state index contributed by atoms with van der Waals surface area (Å²) in [5, 5.41) is 2.78. The van der Waals surface area contributed by atoms with E-state index in [1.807, 2.05) is 133 Å². The molecular formula is C42H45NO6Si. The normalized spacial score (nSPS) is 11.7. The van der Waals surface area contributed by atoms with Crippen LogP contribution in [0.2, 0.25) is 25.7 Å². The first-order valence-corrected chi connectivity index (χ1v) is 20.6. The fourth-order valence-corrected chi connectivity index (χ4v) is 5.87. The highest BCUT2D eigenvalue weighted by Crippen LogP contribution is 2.30. The second-order valence-electron chi connectivity index (χ2n) is 13.3. The van der Waals surface area contributed by atoms with Crippen LogP contribution in [-0.2, 0) is 40.5 Å². The molecule has 5 aromatic carbocycles. The first-order chi connectivity index (χ1) is 24.2. The SMILES string of the molecule is C[Si](C)(C)CCOC(=O)[C@H](Cc1cc(-c2ccc(OCc3ccccc3)cc2)ccc1OCc1ccccc1)NC(=O)OCc1ccccc1. The maximum atomic E-state index is 13.6. The molecule has 5 rings (SSSR count). The van der Waals surface area contributed by atoms with Crippen LogP contribution in [0.15, 0.2) is 133 Å². The molecule has 0 aromatic heterocycles. The van der Waals surface area contributed by atoms with E-state index in [1.54, 1.807) is 0 Å². The van der Waals surface area contributed by atoms with Gasteiger partial charge in [0.25, 0.3) is 0 Å². The zero-order valence-electron chi connectivity index (χ0n) is 29.0. The van der Waals surface area contributed by atoms with Gasteiger partial charge in [0.15, 0.2) is 0 Å². The van der Waals surface area contributed by atoms with Crippen molar-refractivity contribution in [3.05, 3.63) is 156 Å². The summed E-state index contributed by atoms with van der Waals surface area (Å²) in [5.74, 6) is 0.860. The van der Waals surface area contributed by atoms with Gasteiger partial charge in [0.2, 0.25) is 0 Å². The van der Waals surface area contributed by atoms with Crippen LogP contribution in [0.5, 0.6) is 11.5 Å². The summed E-state index contributed by atoms with van der Waals surface area (Å²) in [6, 6.07) is 43.0. The van der Waals surface area contributed by atoms with Crippen molar-refractivity contribution < 1.29 is 28.5 Å². The molecule has 0 heterocycles. The molecule has 258 valence electrons. The molecule has 1 N–H and O–H groups in total. The molecule has 0 aliphatic carbocycles. The largest absolute Gasteiger partial charge is 0.489 e. The molecule has 0 saturated heterocycles. The third-order valence-electron chi connectivity index (χ3n) is 8.04. The maximum Gasteiger partial charge on any atom is 0.408 e. The molecule has 0 unspecified atom stereocenters. The molecule has 0 saturated carbocycles. The third kappa shape index (κ3) is 11.7. The summed E-state index contributed by atoms with van der Waals surface area (Å²) in [6.07, 6.45) is -0.558. The zero-order valence-corrected chi connectivity index (χ0v) is 30.0. The molecule has 0 spiro atoms. The van der Waals surface area contributed by atoms with E-state index in [-0.39, 0.29) is 13.0 Å². The maximum absolute atomic E-state index is 13.6. The minimum Gasteiger partial charge on any atom is -0.489 e. The van der Waals surface area contributed by atoms with Crippen molar-refractivity contribution in [1.82, 2.24) is 5.32 Å². The van der Waals surface area contributed by atoms with E-state index in [0.717, 1.165) is 45.2 Å². The molecule has 7 nitrogen and oxygen atoms in total. The van der Waals surface area contributed by atoms with Gasteiger partial charge in [-0.3, -0.25) is 0 Å². The monoisotopic (exact) mass is 687 g/mol. The van der Waals surface area contributed by atoms with E-state index in [4.69, 9.17) is 18.9 Å². The number of benzene rings is 5. The van der Waals surface area contributed by atoms with Crippen LogP contribution in [0, 0.1) is 0 Å². The highest BCUT2D eigenvalue weighted by molar-refractivity contribution is 6.76. The van der Waals surface area contributed by atoms with Crippen molar-refractivity contribution in [2.45, 2.75) is 58.0 Å². The van der Waals surface area contributed by atoms with Gasteiger partial charge in [0.05, 0.1) is 6.61 Å². The first-order valence-electron chi connectivity index (χ1n) is 16.9. The van der Waals surface area contributed by atoms with Gasteiger partial charge in [-0.25, -0.2) is 9.59 Å². The lowest BCUT2D eigenvalue weighted by Gasteiger charge is -2.21. The Hall–Kier alpha value is -5.34.